The molecule has 3 fully saturated rings. The summed E-state index contributed by atoms with van der Waals surface area (Å²) in [7, 11) is 0. The first-order chi connectivity index (χ1) is 13.7. The van der Waals surface area contributed by atoms with Gasteiger partial charge in [-0.25, -0.2) is 0 Å². The zero-order valence-corrected chi connectivity index (χ0v) is 17.2. The van der Waals surface area contributed by atoms with Crippen LogP contribution in [0.1, 0.15) is 31.2 Å². The second-order valence-electron chi connectivity index (χ2n) is 8.41. The molecule has 0 saturated carbocycles. The molecule has 0 aliphatic carbocycles. The van der Waals surface area contributed by atoms with Crippen molar-refractivity contribution in [1.82, 2.24) is 15.5 Å². The van der Waals surface area contributed by atoms with E-state index in [-0.39, 0.29) is 37.1 Å². The summed E-state index contributed by atoms with van der Waals surface area (Å²) in [5.41, 5.74) is 0.900. The number of hydrogen-bond acceptors (Lipinski definition) is 5. The van der Waals surface area contributed by atoms with Gasteiger partial charge in [0, 0.05) is 25.6 Å². The normalized spacial score (nSPS) is 29.7. The van der Waals surface area contributed by atoms with Crippen molar-refractivity contribution >= 4 is 24.2 Å². The molecule has 1 aromatic rings. The summed E-state index contributed by atoms with van der Waals surface area (Å²) >= 11 is 0. The van der Waals surface area contributed by atoms with E-state index in [1.54, 1.807) is 0 Å². The van der Waals surface area contributed by atoms with Gasteiger partial charge in [-0.3, -0.25) is 9.59 Å². The molecule has 0 spiro atoms. The zero-order valence-electron chi connectivity index (χ0n) is 16.4. The van der Waals surface area contributed by atoms with Crippen LogP contribution in [0.25, 0.3) is 0 Å². The van der Waals surface area contributed by atoms with E-state index in [9.17, 15) is 9.59 Å². The lowest BCUT2D eigenvalue weighted by atomic mass is 9.72. The standard InChI is InChI=1S/C21H27N3O4.ClH/c25-20(7-13-4-5-18-19(6-13)28-12-27-18)23-11-17-15-8-14(9-22-10-15)16-2-1-3-21(26)24(16)17;/h4-6,14-17,22H,1-3,7-12H2,(H,23,25);1H/t14-,15+,16+,17+;/m1./s1. The van der Waals surface area contributed by atoms with Crippen molar-refractivity contribution in [3.05, 3.63) is 23.8 Å². The predicted octanol–water partition coefficient (Wildman–Crippen LogP) is 1.48. The van der Waals surface area contributed by atoms with Gasteiger partial charge in [0.25, 0.3) is 0 Å². The third-order valence-corrected chi connectivity index (χ3v) is 6.71. The summed E-state index contributed by atoms with van der Waals surface area (Å²) in [6.45, 7) is 2.70. The summed E-state index contributed by atoms with van der Waals surface area (Å²) in [5, 5.41) is 6.63. The smallest absolute Gasteiger partial charge is 0.231 e. The fourth-order valence-corrected chi connectivity index (χ4v) is 5.41. The molecule has 2 amide bonds. The van der Waals surface area contributed by atoms with Crippen LogP contribution in [0.4, 0.5) is 0 Å². The molecule has 4 aliphatic heterocycles. The van der Waals surface area contributed by atoms with E-state index < -0.39 is 0 Å². The number of carbonyl (C=O) groups excluding carboxylic acids is 2. The Morgan fingerprint density at radius 2 is 2.03 bits per heavy atom. The van der Waals surface area contributed by atoms with Crippen molar-refractivity contribution in [1.29, 1.82) is 0 Å². The molecule has 158 valence electrons. The van der Waals surface area contributed by atoms with Crippen molar-refractivity contribution < 1.29 is 19.1 Å². The minimum Gasteiger partial charge on any atom is -0.454 e. The summed E-state index contributed by atoms with van der Waals surface area (Å²) in [6.07, 6.45) is 4.18. The minimum absolute atomic E-state index is 0. The van der Waals surface area contributed by atoms with Gasteiger partial charge < -0.3 is 25.0 Å². The van der Waals surface area contributed by atoms with Gasteiger partial charge in [0.15, 0.2) is 11.5 Å². The van der Waals surface area contributed by atoms with Crippen LogP contribution in [0.2, 0.25) is 0 Å². The Bertz CT molecular complexity index is 789. The van der Waals surface area contributed by atoms with Crippen LogP contribution in [-0.4, -0.2) is 55.2 Å². The molecule has 8 heteroatoms. The molecule has 0 unspecified atom stereocenters. The van der Waals surface area contributed by atoms with Gasteiger partial charge >= 0.3 is 0 Å². The Labute approximate surface area is 176 Å². The fraction of sp³-hybridized carbons (Fsp3) is 0.619. The van der Waals surface area contributed by atoms with E-state index in [0.717, 1.165) is 43.7 Å². The van der Waals surface area contributed by atoms with Crippen molar-refractivity contribution in [2.75, 3.05) is 26.4 Å². The highest BCUT2D eigenvalue weighted by atomic mass is 35.5. The average molecular weight is 422 g/mol. The maximum atomic E-state index is 12.7. The maximum Gasteiger partial charge on any atom is 0.231 e. The van der Waals surface area contributed by atoms with Gasteiger partial charge in [-0.15, -0.1) is 12.4 Å². The number of nitrogens with one attached hydrogen (secondary N) is 2. The first kappa shape index (κ1) is 20.3. The molecular formula is C21H28ClN3O4. The summed E-state index contributed by atoms with van der Waals surface area (Å²) in [6, 6.07) is 6.04. The lowest BCUT2D eigenvalue weighted by Crippen LogP contribution is -2.66. The van der Waals surface area contributed by atoms with Gasteiger partial charge in [0.05, 0.1) is 12.5 Å². The molecule has 29 heavy (non-hydrogen) atoms. The number of ether oxygens (including phenoxy) is 2. The second kappa shape index (κ2) is 8.40. The van der Waals surface area contributed by atoms with Crippen LogP contribution in [0.5, 0.6) is 11.5 Å². The second-order valence-corrected chi connectivity index (χ2v) is 8.41. The monoisotopic (exact) mass is 421 g/mol. The number of amides is 2. The maximum absolute atomic E-state index is 12.7. The molecule has 2 bridgehead atoms. The third kappa shape index (κ3) is 3.90. The number of halogens is 1. The SMILES string of the molecule is Cl.O=C(Cc1ccc2c(c1)OCO2)NC[C@H]1[C@@H]2CNC[C@@H](C2)[C@@H]2CCCC(=O)N21. The van der Waals surface area contributed by atoms with Crippen molar-refractivity contribution in [2.45, 2.75) is 44.2 Å². The Balaban J connectivity index is 0.00000205. The molecule has 5 rings (SSSR count). The summed E-state index contributed by atoms with van der Waals surface area (Å²) in [5.74, 6) is 2.64. The zero-order chi connectivity index (χ0) is 19.1. The largest absolute Gasteiger partial charge is 0.454 e. The van der Waals surface area contributed by atoms with E-state index in [2.05, 4.69) is 15.5 Å². The highest BCUT2D eigenvalue weighted by molar-refractivity contribution is 5.85. The topological polar surface area (TPSA) is 79.9 Å². The van der Waals surface area contributed by atoms with Crippen molar-refractivity contribution in [2.24, 2.45) is 11.8 Å². The van der Waals surface area contributed by atoms with Crippen LogP contribution < -0.4 is 20.1 Å². The van der Waals surface area contributed by atoms with E-state index in [1.165, 1.54) is 0 Å². The molecule has 4 aliphatic rings. The van der Waals surface area contributed by atoms with Crippen LogP contribution in [0.15, 0.2) is 18.2 Å². The highest BCUT2D eigenvalue weighted by Crippen LogP contribution is 2.39. The molecule has 4 atom stereocenters. The van der Waals surface area contributed by atoms with Crippen LogP contribution in [0, 0.1) is 11.8 Å². The Morgan fingerprint density at radius 3 is 2.93 bits per heavy atom. The Hall–Kier alpha value is -1.99. The van der Waals surface area contributed by atoms with Crippen molar-refractivity contribution in [3.8, 4) is 11.5 Å². The third-order valence-electron chi connectivity index (χ3n) is 6.71. The van der Waals surface area contributed by atoms with Gasteiger partial charge in [0.1, 0.15) is 0 Å². The Kier molecular flexibility index (Phi) is 5.88. The van der Waals surface area contributed by atoms with Crippen LogP contribution >= 0.6 is 12.4 Å². The van der Waals surface area contributed by atoms with Crippen molar-refractivity contribution in [3.63, 3.8) is 0 Å². The average Bonchev–Trinajstić information content (AvgIpc) is 3.16. The fourth-order valence-electron chi connectivity index (χ4n) is 5.41. The summed E-state index contributed by atoms with van der Waals surface area (Å²) in [4.78, 5) is 27.4. The number of rotatable bonds is 4. The van der Waals surface area contributed by atoms with E-state index >= 15 is 0 Å². The van der Waals surface area contributed by atoms with Gasteiger partial charge in [-0.2, -0.15) is 0 Å². The van der Waals surface area contributed by atoms with E-state index in [4.69, 9.17) is 9.47 Å². The Morgan fingerprint density at radius 1 is 1.21 bits per heavy atom. The van der Waals surface area contributed by atoms with Gasteiger partial charge in [-0.05, 0) is 55.3 Å². The molecule has 0 aromatic heterocycles. The molecular weight excluding hydrogens is 394 g/mol. The van der Waals surface area contributed by atoms with E-state index in [0.29, 0.717) is 43.0 Å². The molecule has 4 heterocycles. The molecule has 7 nitrogen and oxygen atoms in total. The molecule has 1 aromatic carbocycles. The van der Waals surface area contributed by atoms with E-state index in [1.807, 2.05) is 18.2 Å². The number of hydrogen-bond donors (Lipinski definition) is 2. The summed E-state index contributed by atoms with van der Waals surface area (Å²) < 4.78 is 10.7. The number of nitrogens with zero attached hydrogens (tertiary/aromatic N) is 1. The van der Waals surface area contributed by atoms with Gasteiger partial charge in [0.2, 0.25) is 18.6 Å². The first-order valence-corrected chi connectivity index (χ1v) is 10.4. The molecule has 0 radical (unpaired) electrons. The molecule has 2 N–H and O–H groups in total. The highest BCUT2D eigenvalue weighted by Gasteiger charge is 2.47. The number of piperidine rings is 3. The van der Waals surface area contributed by atoms with Crippen LogP contribution in [0.3, 0.4) is 0 Å². The number of benzene rings is 1. The lowest BCUT2D eigenvalue weighted by molar-refractivity contribution is -0.149. The first-order valence-electron chi connectivity index (χ1n) is 10.4. The number of fused-ring (bicyclic) bond motifs is 5. The lowest BCUT2D eigenvalue weighted by Gasteiger charge is -2.54. The quantitative estimate of drug-likeness (QED) is 0.769. The number of carbonyl (C=O) groups is 2. The van der Waals surface area contributed by atoms with Gasteiger partial charge in [-0.1, -0.05) is 6.07 Å². The van der Waals surface area contributed by atoms with Crippen LogP contribution in [-0.2, 0) is 16.0 Å². The minimum atomic E-state index is -0.0224. The predicted molar refractivity (Wildman–Crippen MR) is 109 cm³/mol. The molecule has 3 saturated heterocycles.